The van der Waals surface area contributed by atoms with Crippen LogP contribution in [0.4, 0.5) is 0 Å². The van der Waals surface area contributed by atoms with Crippen molar-refractivity contribution in [2.45, 2.75) is 52.0 Å². The van der Waals surface area contributed by atoms with Gasteiger partial charge in [0.25, 0.3) is 0 Å². The van der Waals surface area contributed by atoms with Crippen molar-refractivity contribution in [3.8, 4) is 5.75 Å². The van der Waals surface area contributed by atoms with Gasteiger partial charge in [-0.25, -0.2) is 0 Å². The average molecular weight is 294 g/mol. The van der Waals surface area contributed by atoms with E-state index in [1.54, 1.807) is 0 Å². The minimum Gasteiger partial charge on any atom is -0.493 e. The topological polar surface area (TPSA) is 35.2 Å². The highest BCUT2D eigenvalue weighted by Crippen LogP contribution is 2.41. The summed E-state index contributed by atoms with van der Waals surface area (Å²) in [5.74, 6) is 1.61. The standard InChI is InChI=1S/C17H24ClNO/c1-17(2)5-3-15(19)13(10-17)7-12-9-14(18)8-11-4-6-20-16(11)12/h8-9,13,15H,3-7,10,19H2,1-2H3. The molecule has 2 unspecified atom stereocenters. The van der Waals surface area contributed by atoms with Crippen LogP contribution < -0.4 is 10.5 Å². The fourth-order valence-electron chi connectivity index (χ4n) is 3.76. The highest BCUT2D eigenvalue weighted by Gasteiger charge is 2.34. The molecule has 0 amide bonds. The normalized spacial score (nSPS) is 28.0. The second kappa shape index (κ2) is 5.23. The number of fused-ring (bicyclic) bond motifs is 1. The number of ether oxygens (including phenoxy) is 1. The van der Waals surface area contributed by atoms with Gasteiger partial charge < -0.3 is 10.5 Å². The van der Waals surface area contributed by atoms with E-state index in [2.05, 4.69) is 19.9 Å². The zero-order valence-electron chi connectivity index (χ0n) is 12.4. The van der Waals surface area contributed by atoms with Crippen molar-refractivity contribution < 1.29 is 4.74 Å². The van der Waals surface area contributed by atoms with E-state index in [0.717, 1.165) is 36.6 Å². The third kappa shape index (κ3) is 2.82. The lowest BCUT2D eigenvalue weighted by Gasteiger charge is -2.39. The van der Waals surface area contributed by atoms with Crippen LogP contribution in [0.3, 0.4) is 0 Å². The summed E-state index contributed by atoms with van der Waals surface area (Å²) >= 11 is 6.25. The van der Waals surface area contributed by atoms with E-state index < -0.39 is 0 Å². The third-order valence-electron chi connectivity index (χ3n) is 4.88. The molecule has 1 fully saturated rings. The Morgan fingerprint density at radius 1 is 1.40 bits per heavy atom. The second-order valence-corrected chi connectivity index (χ2v) is 7.62. The van der Waals surface area contributed by atoms with E-state index in [9.17, 15) is 0 Å². The largest absolute Gasteiger partial charge is 0.493 e. The molecule has 0 radical (unpaired) electrons. The summed E-state index contributed by atoms with van der Waals surface area (Å²) in [6.07, 6.45) is 5.52. The van der Waals surface area contributed by atoms with Crippen LogP contribution in [0, 0.1) is 11.3 Å². The van der Waals surface area contributed by atoms with Gasteiger partial charge in [0.15, 0.2) is 0 Å². The van der Waals surface area contributed by atoms with E-state index in [4.69, 9.17) is 22.1 Å². The predicted molar refractivity (Wildman–Crippen MR) is 83.5 cm³/mol. The van der Waals surface area contributed by atoms with E-state index in [1.807, 2.05) is 6.07 Å². The van der Waals surface area contributed by atoms with Crippen molar-refractivity contribution in [3.63, 3.8) is 0 Å². The lowest BCUT2D eigenvalue weighted by Crippen LogP contribution is -2.40. The molecule has 0 aromatic heterocycles. The van der Waals surface area contributed by atoms with Gasteiger partial charge in [0.05, 0.1) is 6.61 Å². The summed E-state index contributed by atoms with van der Waals surface area (Å²) in [6.45, 7) is 5.49. The maximum atomic E-state index is 6.36. The molecule has 2 N–H and O–H groups in total. The summed E-state index contributed by atoms with van der Waals surface area (Å²) in [5.41, 5.74) is 9.28. The molecule has 20 heavy (non-hydrogen) atoms. The van der Waals surface area contributed by atoms with Crippen LogP contribution in [0.1, 0.15) is 44.2 Å². The van der Waals surface area contributed by atoms with E-state index >= 15 is 0 Å². The Morgan fingerprint density at radius 3 is 3.00 bits per heavy atom. The Labute approximate surface area is 126 Å². The first-order valence-electron chi connectivity index (χ1n) is 7.64. The van der Waals surface area contributed by atoms with Crippen molar-refractivity contribution in [2.24, 2.45) is 17.1 Å². The predicted octanol–water partition coefficient (Wildman–Crippen LogP) is 3.97. The van der Waals surface area contributed by atoms with E-state index in [-0.39, 0.29) is 0 Å². The molecule has 2 nitrogen and oxygen atoms in total. The highest BCUT2D eigenvalue weighted by atomic mass is 35.5. The number of hydrogen-bond acceptors (Lipinski definition) is 2. The van der Waals surface area contributed by atoms with Crippen LogP contribution >= 0.6 is 11.6 Å². The average Bonchev–Trinajstić information content (AvgIpc) is 2.81. The molecule has 3 rings (SSSR count). The smallest absolute Gasteiger partial charge is 0.125 e. The van der Waals surface area contributed by atoms with Crippen LogP contribution in [-0.4, -0.2) is 12.6 Å². The molecular weight excluding hydrogens is 270 g/mol. The maximum Gasteiger partial charge on any atom is 0.125 e. The van der Waals surface area contributed by atoms with Crippen molar-refractivity contribution in [2.75, 3.05) is 6.61 Å². The first-order valence-corrected chi connectivity index (χ1v) is 8.02. The summed E-state index contributed by atoms with van der Waals surface area (Å²) in [7, 11) is 0. The molecule has 1 saturated carbocycles. The fourth-order valence-corrected chi connectivity index (χ4v) is 4.02. The summed E-state index contributed by atoms with van der Waals surface area (Å²) < 4.78 is 5.81. The molecule has 1 aromatic carbocycles. The fraction of sp³-hybridized carbons (Fsp3) is 0.647. The Kier molecular flexibility index (Phi) is 3.72. The Morgan fingerprint density at radius 2 is 2.20 bits per heavy atom. The number of halogens is 1. The number of benzene rings is 1. The molecular formula is C17H24ClNO. The first kappa shape index (κ1) is 14.2. The highest BCUT2D eigenvalue weighted by molar-refractivity contribution is 6.30. The molecule has 2 atom stereocenters. The Balaban J connectivity index is 1.84. The molecule has 3 heteroatoms. The number of rotatable bonds is 2. The van der Waals surface area contributed by atoms with Crippen LogP contribution in [0.5, 0.6) is 5.75 Å². The summed E-state index contributed by atoms with van der Waals surface area (Å²) in [5, 5.41) is 0.827. The van der Waals surface area contributed by atoms with E-state index in [1.165, 1.54) is 24.0 Å². The first-order chi connectivity index (χ1) is 9.44. The van der Waals surface area contributed by atoms with Crippen molar-refractivity contribution in [1.29, 1.82) is 0 Å². The Hall–Kier alpha value is -0.730. The van der Waals surface area contributed by atoms with Crippen LogP contribution in [-0.2, 0) is 12.8 Å². The summed E-state index contributed by atoms with van der Waals surface area (Å²) in [4.78, 5) is 0. The molecule has 1 aromatic rings. The monoisotopic (exact) mass is 293 g/mol. The van der Waals surface area contributed by atoms with Gasteiger partial charge in [0.2, 0.25) is 0 Å². The molecule has 1 heterocycles. The van der Waals surface area contributed by atoms with Gasteiger partial charge in [-0.3, -0.25) is 0 Å². The maximum absolute atomic E-state index is 6.36. The molecule has 0 bridgehead atoms. The molecule has 0 saturated heterocycles. The Bertz CT molecular complexity index is 512. The molecule has 1 aliphatic carbocycles. The van der Waals surface area contributed by atoms with Gasteiger partial charge in [-0.15, -0.1) is 0 Å². The van der Waals surface area contributed by atoms with Gasteiger partial charge in [-0.1, -0.05) is 25.4 Å². The summed E-state index contributed by atoms with van der Waals surface area (Å²) in [6, 6.07) is 4.41. The zero-order chi connectivity index (χ0) is 14.3. The van der Waals surface area contributed by atoms with Crippen LogP contribution in [0.2, 0.25) is 5.02 Å². The van der Waals surface area contributed by atoms with Crippen LogP contribution in [0.15, 0.2) is 12.1 Å². The van der Waals surface area contributed by atoms with Gasteiger partial charge in [0.1, 0.15) is 5.75 Å². The molecule has 1 aliphatic heterocycles. The zero-order valence-corrected chi connectivity index (χ0v) is 13.2. The third-order valence-corrected chi connectivity index (χ3v) is 5.10. The van der Waals surface area contributed by atoms with Gasteiger partial charge in [0, 0.05) is 17.5 Å². The van der Waals surface area contributed by atoms with E-state index in [0.29, 0.717) is 17.4 Å². The SMILES string of the molecule is CC1(C)CCC(N)C(Cc2cc(Cl)cc3c2OCC3)C1. The quantitative estimate of drug-likeness (QED) is 0.895. The number of hydrogen-bond donors (Lipinski definition) is 1. The molecule has 110 valence electrons. The second-order valence-electron chi connectivity index (χ2n) is 7.19. The molecule has 0 spiro atoms. The minimum atomic E-state index is 0.305. The lowest BCUT2D eigenvalue weighted by atomic mass is 9.68. The van der Waals surface area contributed by atoms with Crippen molar-refractivity contribution in [3.05, 3.63) is 28.3 Å². The molecule has 2 aliphatic rings. The van der Waals surface area contributed by atoms with Gasteiger partial charge in [-0.05, 0) is 60.3 Å². The minimum absolute atomic E-state index is 0.305. The van der Waals surface area contributed by atoms with Crippen LogP contribution in [0.25, 0.3) is 0 Å². The van der Waals surface area contributed by atoms with Crippen molar-refractivity contribution >= 4 is 11.6 Å². The number of nitrogens with two attached hydrogens (primary N) is 1. The van der Waals surface area contributed by atoms with Gasteiger partial charge in [-0.2, -0.15) is 0 Å². The lowest BCUT2D eigenvalue weighted by molar-refractivity contribution is 0.156. The van der Waals surface area contributed by atoms with Gasteiger partial charge >= 0.3 is 0 Å². The van der Waals surface area contributed by atoms with Crippen molar-refractivity contribution in [1.82, 2.24) is 0 Å².